The van der Waals surface area contributed by atoms with Gasteiger partial charge in [0, 0.05) is 12.2 Å². The van der Waals surface area contributed by atoms with Crippen LogP contribution >= 0.6 is 11.8 Å². The highest BCUT2D eigenvalue weighted by Crippen LogP contribution is 2.24. The van der Waals surface area contributed by atoms with Crippen LogP contribution in [0.4, 0.5) is 5.69 Å². The molecular formula is C20H23N5O3S. The summed E-state index contributed by atoms with van der Waals surface area (Å²) in [7, 11) is 0. The summed E-state index contributed by atoms with van der Waals surface area (Å²) in [4.78, 5) is 24.3. The van der Waals surface area contributed by atoms with Gasteiger partial charge in [0.2, 0.25) is 11.8 Å². The van der Waals surface area contributed by atoms with Crippen LogP contribution in [0.3, 0.4) is 0 Å². The Hall–Kier alpha value is -3.07. The van der Waals surface area contributed by atoms with Crippen LogP contribution in [0.5, 0.6) is 0 Å². The van der Waals surface area contributed by atoms with Crippen LogP contribution in [0.2, 0.25) is 0 Å². The van der Waals surface area contributed by atoms with Crippen molar-refractivity contribution in [1.29, 1.82) is 0 Å². The summed E-state index contributed by atoms with van der Waals surface area (Å²) in [6, 6.07) is 11.2. The van der Waals surface area contributed by atoms with Gasteiger partial charge in [0.05, 0.1) is 18.6 Å². The highest BCUT2D eigenvalue weighted by Gasteiger charge is 2.16. The molecule has 9 heteroatoms. The van der Waals surface area contributed by atoms with E-state index < -0.39 is 0 Å². The molecule has 0 fully saturated rings. The van der Waals surface area contributed by atoms with Crippen LogP contribution in [-0.2, 0) is 22.6 Å². The zero-order valence-corrected chi connectivity index (χ0v) is 17.2. The van der Waals surface area contributed by atoms with Gasteiger partial charge in [-0.1, -0.05) is 36.9 Å². The molecule has 3 aromatic rings. The van der Waals surface area contributed by atoms with E-state index in [4.69, 9.17) is 4.42 Å². The molecule has 0 aliphatic carbocycles. The van der Waals surface area contributed by atoms with Gasteiger partial charge in [0.15, 0.2) is 16.7 Å². The lowest BCUT2D eigenvalue weighted by Gasteiger charge is -2.10. The minimum atomic E-state index is -0.263. The number of aryl methyl sites for hydroxylation is 1. The third-order valence-electron chi connectivity index (χ3n) is 4.23. The zero-order valence-electron chi connectivity index (χ0n) is 16.3. The fourth-order valence-electron chi connectivity index (χ4n) is 2.77. The number of anilines is 1. The number of amides is 2. The van der Waals surface area contributed by atoms with Gasteiger partial charge in [-0.3, -0.25) is 14.2 Å². The lowest BCUT2D eigenvalue weighted by Crippen LogP contribution is -2.34. The van der Waals surface area contributed by atoms with Crippen LogP contribution < -0.4 is 10.6 Å². The van der Waals surface area contributed by atoms with E-state index in [2.05, 4.69) is 20.8 Å². The van der Waals surface area contributed by atoms with Crippen molar-refractivity contribution in [3.8, 4) is 11.6 Å². The van der Waals surface area contributed by atoms with Crippen molar-refractivity contribution < 1.29 is 14.0 Å². The minimum absolute atomic E-state index is 0.0877. The summed E-state index contributed by atoms with van der Waals surface area (Å²) < 4.78 is 7.25. The average Bonchev–Trinajstić information content (AvgIpc) is 3.40. The van der Waals surface area contributed by atoms with E-state index in [1.54, 1.807) is 12.3 Å². The summed E-state index contributed by atoms with van der Waals surface area (Å²) in [6.07, 6.45) is 2.39. The van der Waals surface area contributed by atoms with E-state index >= 15 is 0 Å². The number of nitrogens with zero attached hydrogens (tertiary/aromatic N) is 3. The van der Waals surface area contributed by atoms with Gasteiger partial charge in [-0.05, 0) is 37.1 Å². The van der Waals surface area contributed by atoms with E-state index in [1.165, 1.54) is 11.8 Å². The van der Waals surface area contributed by atoms with Gasteiger partial charge < -0.3 is 15.1 Å². The van der Waals surface area contributed by atoms with Crippen LogP contribution in [-0.4, -0.2) is 38.9 Å². The smallest absolute Gasteiger partial charge is 0.243 e. The Morgan fingerprint density at radius 1 is 1.10 bits per heavy atom. The molecule has 0 radical (unpaired) electrons. The number of thioether (sulfide) groups is 1. The third kappa shape index (κ3) is 5.26. The number of furan rings is 1. The number of hydrogen-bond donors (Lipinski definition) is 2. The summed E-state index contributed by atoms with van der Waals surface area (Å²) >= 11 is 1.26. The maximum absolute atomic E-state index is 12.1. The molecule has 0 atom stereocenters. The third-order valence-corrected chi connectivity index (χ3v) is 5.19. The van der Waals surface area contributed by atoms with E-state index in [0.29, 0.717) is 23.3 Å². The molecule has 0 unspecified atom stereocenters. The topological polar surface area (TPSA) is 102 Å². The van der Waals surface area contributed by atoms with Crippen LogP contribution in [0, 0.1) is 0 Å². The van der Waals surface area contributed by atoms with Gasteiger partial charge in [0.25, 0.3) is 0 Å². The van der Waals surface area contributed by atoms with Crippen molar-refractivity contribution >= 4 is 29.3 Å². The Labute approximate surface area is 173 Å². The predicted octanol–water partition coefficient (Wildman–Crippen LogP) is 2.97. The van der Waals surface area contributed by atoms with Crippen LogP contribution in [0.25, 0.3) is 11.6 Å². The molecule has 0 bridgehead atoms. The molecule has 2 heterocycles. The first-order chi connectivity index (χ1) is 14.1. The standard InChI is InChI=1S/C20H23N5O3S/c1-3-14-8-5-6-9-15(14)22-17(26)12-21-18(27)13-29-20-24-23-19(25(20)4-2)16-10-7-11-28-16/h5-11H,3-4,12-13H2,1-2H3,(H,21,27)(H,22,26). The summed E-state index contributed by atoms with van der Waals surface area (Å²) in [6.45, 7) is 4.55. The molecule has 3 rings (SSSR count). The maximum atomic E-state index is 12.1. The van der Waals surface area contributed by atoms with Gasteiger partial charge in [-0.25, -0.2) is 0 Å². The van der Waals surface area contributed by atoms with Gasteiger partial charge in [0.1, 0.15) is 0 Å². The number of nitrogens with one attached hydrogen (secondary N) is 2. The summed E-state index contributed by atoms with van der Waals surface area (Å²) in [5, 5.41) is 14.4. The molecule has 0 aliphatic rings. The summed E-state index contributed by atoms with van der Waals surface area (Å²) in [5.74, 6) is 0.865. The van der Waals surface area contributed by atoms with Crippen LogP contribution in [0.1, 0.15) is 19.4 Å². The number of carbonyl (C=O) groups excluding carboxylic acids is 2. The monoisotopic (exact) mass is 413 g/mol. The average molecular weight is 414 g/mol. The molecule has 0 saturated carbocycles. The zero-order chi connectivity index (χ0) is 20.6. The SMILES string of the molecule is CCc1ccccc1NC(=O)CNC(=O)CSc1nnc(-c2ccco2)n1CC. The first kappa shape index (κ1) is 20.7. The second kappa shape index (κ2) is 9.92. The number of hydrogen-bond acceptors (Lipinski definition) is 6. The highest BCUT2D eigenvalue weighted by atomic mass is 32.2. The molecular weight excluding hydrogens is 390 g/mol. The lowest BCUT2D eigenvalue weighted by molar-refractivity contribution is -0.122. The number of benzene rings is 1. The van der Waals surface area contributed by atoms with Crippen LogP contribution in [0.15, 0.2) is 52.2 Å². The molecule has 2 N–H and O–H groups in total. The van der Waals surface area contributed by atoms with E-state index in [1.807, 2.05) is 48.7 Å². The Morgan fingerprint density at radius 3 is 2.66 bits per heavy atom. The first-order valence-corrected chi connectivity index (χ1v) is 10.3. The van der Waals surface area contributed by atoms with E-state index in [9.17, 15) is 9.59 Å². The Bertz CT molecular complexity index is 968. The Balaban J connectivity index is 1.50. The molecule has 0 aliphatic heterocycles. The normalized spacial score (nSPS) is 10.7. The number of carbonyl (C=O) groups is 2. The van der Waals surface area contributed by atoms with Gasteiger partial charge >= 0.3 is 0 Å². The number of para-hydroxylation sites is 1. The Morgan fingerprint density at radius 2 is 1.93 bits per heavy atom. The van der Waals surface area contributed by atoms with Gasteiger partial charge in [-0.2, -0.15) is 0 Å². The maximum Gasteiger partial charge on any atom is 0.243 e. The molecule has 0 spiro atoms. The van der Waals surface area contributed by atoms with Crippen molar-refractivity contribution in [3.63, 3.8) is 0 Å². The molecule has 29 heavy (non-hydrogen) atoms. The molecule has 8 nitrogen and oxygen atoms in total. The minimum Gasteiger partial charge on any atom is -0.461 e. The van der Waals surface area contributed by atoms with E-state index in [0.717, 1.165) is 17.7 Å². The summed E-state index contributed by atoms with van der Waals surface area (Å²) in [5.41, 5.74) is 1.82. The van der Waals surface area contributed by atoms with Crippen molar-refractivity contribution in [1.82, 2.24) is 20.1 Å². The molecule has 2 amide bonds. The lowest BCUT2D eigenvalue weighted by atomic mass is 10.1. The number of aromatic nitrogens is 3. The highest BCUT2D eigenvalue weighted by molar-refractivity contribution is 7.99. The first-order valence-electron chi connectivity index (χ1n) is 9.36. The Kier molecular flexibility index (Phi) is 7.07. The van der Waals surface area contributed by atoms with Crippen molar-refractivity contribution in [2.24, 2.45) is 0 Å². The second-order valence-electron chi connectivity index (χ2n) is 6.15. The molecule has 2 aromatic heterocycles. The van der Waals surface area contributed by atoms with Gasteiger partial charge in [-0.15, -0.1) is 10.2 Å². The molecule has 152 valence electrons. The van der Waals surface area contributed by atoms with E-state index in [-0.39, 0.29) is 24.1 Å². The number of rotatable bonds is 9. The quantitative estimate of drug-likeness (QED) is 0.523. The second-order valence-corrected chi connectivity index (χ2v) is 7.09. The van der Waals surface area contributed by atoms with Crippen molar-refractivity contribution in [2.45, 2.75) is 32.0 Å². The predicted molar refractivity (Wildman–Crippen MR) is 112 cm³/mol. The largest absolute Gasteiger partial charge is 0.461 e. The fraction of sp³-hybridized carbons (Fsp3) is 0.300. The van der Waals surface area contributed by atoms with Crippen molar-refractivity contribution in [2.75, 3.05) is 17.6 Å². The molecule has 1 aromatic carbocycles. The fourth-order valence-corrected chi connectivity index (χ4v) is 3.61. The van der Waals surface area contributed by atoms with Crippen molar-refractivity contribution in [3.05, 3.63) is 48.2 Å². The molecule has 0 saturated heterocycles.